The Bertz CT molecular complexity index is 658. The Kier molecular flexibility index (Phi) is 5.50. The summed E-state index contributed by atoms with van der Waals surface area (Å²) in [5.74, 6) is 0.998. The molecule has 0 bridgehead atoms. The molecule has 2 nitrogen and oxygen atoms in total. The first-order chi connectivity index (χ1) is 9.99. The van der Waals surface area contributed by atoms with Crippen LogP contribution in [0.3, 0.4) is 0 Å². The van der Waals surface area contributed by atoms with E-state index in [0.717, 1.165) is 11.1 Å². The van der Waals surface area contributed by atoms with Gasteiger partial charge < -0.3 is 9.47 Å². The van der Waals surface area contributed by atoms with Gasteiger partial charge in [0.1, 0.15) is 16.5 Å². The molecule has 1 unspecified atom stereocenters. The highest BCUT2D eigenvalue weighted by Gasteiger charge is 2.21. The Morgan fingerprint density at radius 3 is 2.19 bits per heavy atom. The molecule has 0 saturated carbocycles. The van der Waals surface area contributed by atoms with Gasteiger partial charge in [0.15, 0.2) is 0 Å². The van der Waals surface area contributed by atoms with Crippen molar-refractivity contribution in [3.8, 4) is 11.5 Å². The minimum absolute atomic E-state index is 0.378. The topological polar surface area (TPSA) is 18.5 Å². The van der Waals surface area contributed by atoms with Crippen LogP contribution in [0.25, 0.3) is 0 Å². The van der Waals surface area contributed by atoms with Crippen LogP contribution in [0.1, 0.15) is 16.5 Å². The maximum atomic E-state index is 6.53. The maximum absolute atomic E-state index is 6.53. The van der Waals surface area contributed by atoms with Crippen molar-refractivity contribution in [2.75, 3.05) is 14.2 Å². The molecular formula is C15H12Cl4O2. The molecule has 2 aromatic rings. The van der Waals surface area contributed by atoms with E-state index in [1.54, 1.807) is 18.2 Å². The van der Waals surface area contributed by atoms with Crippen LogP contribution < -0.4 is 9.47 Å². The lowest BCUT2D eigenvalue weighted by molar-refractivity contribution is 0.392. The smallest absolute Gasteiger partial charge is 0.146 e. The predicted octanol–water partition coefficient (Wildman–Crippen LogP) is 5.99. The van der Waals surface area contributed by atoms with Gasteiger partial charge in [0.05, 0.1) is 29.6 Å². The molecule has 2 aromatic carbocycles. The van der Waals surface area contributed by atoms with E-state index in [4.69, 9.17) is 55.9 Å². The largest absolute Gasteiger partial charge is 0.495 e. The fraction of sp³-hybridized carbons (Fsp3) is 0.200. The van der Waals surface area contributed by atoms with Gasteiger partial charge in [-0.1, -0.05) is 40.9 Å². The minimum atomic E-state index is -0.474. The fourth-order valence-electron chi connectivity index (χ4n) is 1.97. The van der Waals surface area contributed by atoms with Crippen molar-refractivity contribution in [1.82, 2.24) is 0 Å². The highest BCUT2D eigenvalue weighted by atomic mass is 35.5. The second-order valence-corrected chi connectivity index (χ2v) is 5.87. The first kappa shape index (κ1) is 16.6. The van der Waals surface area contributed by atoms with Crippen LogP contribution >= 0.6 is 46.4 Å². The number of hydrogen-bond donors (Lipinski definition) is 0. The summed E-state index contributed by atoms with van der Waals surface area (Å²) < 4.78 is 10.5. The summed E-state index contributed by atoms with van der Waals surface area (Å²) in [6, 6.07) is 8.78. The van der Waals surface area contributed by atoms with Crippen LogP contribution in [0, 0.1) is 0 Å². The van der Waals surface area contributed by atoms with E-state index in [-0.39, 0.29) is 0 Å². The van der Waals surface area contributed by atoms with Gasteiger partial charge in [0, 0.05) is 5.56 Å². The van der Waals surface area contributed by atoms with Crippen LogP contribution in [0.15, 0.2) is 30.3 Å². The van der Waals surface area contributed by atoms with E-state index in [2.05, 4.69) is 0 Å². The van der Waals surface area contributed by atoms with Crippen molar-refractivity contribution in [3.05, 3.63) is 56.5 Å². The lowest BCUT2D eigenvalue weighted by Gasteiger charge is -2.17. The molecule has 0 amide bonds. The summed E-state index contributed by atoms with van der Waals surface area (Å²) in [5, 5.41) is 0.823. The molecule has 0 aliphatic carbocycles. The second kappa shape index (κ2) is 6.97. The van der Waals surface area contributed by atoms with Gasteiger partial charge in [-0.3, -0.25) is 0 Å². The average Bonchev–Trinajstić information content (AvgIpc) is 2.49. The van der Waals surface area contributed by atoms with Crippen molar-refractivity contribution >= 4 is 46.4 Å². The van der Waals surface area contributed by atoms with E-state index in [0.29, 0.717) is 26.6 Å². The quantitative estimate of drug-likeness (QED) is 0.619. The summed E-state index contributed by atoms with van der Waals surface area (Å²) in [6.45, 7) is 0. The number of rotatable bonds is 4. The summed E-state index contributed by atoms with van der Waals surface area (Å²) in [7, 11) is 3.07. The molecule has 2 rings (SSSR count). The average molecular weight is 366 g/mol. The molecular weight excluding hydrogens is 354 g/mol. The fourth-order valence-corrected chi connectivity index (χ4v) is 2.91. The van der Waals surface area contributed by atoms with Gasteiger partial charge in [-0.15, -0.1) is 11.6 Å². The van der Waals surface area contributed by atoms with Crippen molar-refractivity contribution in [2.45, 2.75) is 5.38 Å². The Morgan fingerprint density at radius 2 is 1.62 bits per heavy atom. The predicted molar refractivity (Wildman–Crippen MR) is 88.7 cm³/mol. The summed E-state index contributed by atoms with van der Waals surface area (Å²) in [5.41, 5.74) is 1.52. The van der Waals surface area contributed by atoms with Gasteiger partial charge in [-0.25, -0.2) is 0 Å². The summed E-state index contributed by atoms with van der Waals surface area (Å²) in [4.78, 5) is 0. The van der Waals surface area contributed by atoms with E-state index >= 15 is 0 Å². The van der Waals surface area contributed by atoms with Crippen molar-refractivity contribution in [1.29, 1.82) is 0 Å². The van der Waals surface area contributed by atoms with Crippen LogP contribution in [0.5, 0.6) is 11.5 Å². The van der Waals surface area contributed by atoms with Gasteiger partial charge in [-0.2, -0.15) is 0 Å². The number of ether oxygens (including phenoxy) is 2. The SMILES string of the molecule is COc1ccc(C(Cl)c2ccc(Cl)c(Cl)c2)c(OC)c1Cl. The molecule has 0 saturated heterocycles. The first-order valence-corrected chi connectivity index (χ1v) is 7.56. The van der Waals surface area contributed by atoms with Crippen LogP contribution in [0.2, 0.25) is 15.1 Å². The highest BCUT2D eigenvalue weighted by Crippen LogP contribution is 2.43. The van der Waals surface area contributed by atoms with E-state index in [1.807, 2.05) is 12.1 Å². The molecule has 0 spiro atoms. The lowest BCUT2D eigenvalue weighted by atomic mass is 10.0. The number of benzene rings is 2. The van der Waals surface area contributed by atoms with Crippen molar-refractivity contribution < 1.29 is 9.47 Å². The van der Waals surface area contributed by atoms with Gasteiger partial charge >= 0.3 is 0 Å². The third-order valence-electron chi connectivity index (χ3n) is 3.03. The van der Waals surface area contributed by atoms with Gasteiger partial charge in [0.25, 0.3) is 0 Å². The minimum Gasteiger partial charge on any atom is -0.495 e. The first-order valence-electron chi connectivity index (χ1n) is 5.99. The Labute approximate surface area is 143 Å². The van der Waals surface area contributed by atoms with E-state index in [1.165, 1.54) is 14.2 Å². The molecule has 0 aromatic heterocycles. The van der Waals surface area contributed by atoms with Crippen molar-refractivity contribution in [2.24, 2.45) is 0 Å². The summed E-state index contributed by atoms with van der Waals surface area (Å²) in [6.07, 6.45) is 0. The molecule has 0 aliphatic rings. The molecule has 112 valence electrons. The zero-order chi connectivity index (χ0) is 15.6. The maximum Gasteiger partial charge on any atom is 0.146 e. The standard InChI is InChI=1S/C15H12Cl4O2/c1-20-12-6-4-9(15(21-2)14(12)19)13(18)8-3-5-10(16)11(17)7-8/h3-7,13H,1-2H3. The number of halogens is 4. The van der Waals surface area contributed by atoms with Crippen molar-refractivity contribution in [3.63, 3.8) is 0 Å². The Balaban J connectivity index is 2.50. The van der Waals surface area contributed by atoms with Gasteiger partial charge in [0.2, 0.25) is 0 Å². The monoisotopic (exact) mass is 364 g/mol. The zero-order valence-corrected chi connectivity index (χ0v) is 14.3. The number of alkyl halides is 1. The van der Waals surface area contributed by atoms with Crippen LogP contribution in [0.4, 0.5) is 0 Å². The Morgan fingerprint density at radius 1 is 0.905 bits per heavy atom. The van der Waals surface area contributed by atoms with Crippen LogP contribution in [-0.2, 0) is 0 Å². The molecule has 21 heavy (non-hydrogen) atoms. The summed E-state index contributed by atoms with van der Waals surface area (Å²) >= 11 is 24.7. The normalized spacial score (nSPS) is 12.1. The second-order valence-electron chi connectivity index (χ2n) is 4.24. The van der Waals surface area contributed by atoms with Gasteiger partial charge in [-0.05, 0) is 29.8 Å². The Hall–Kier alpha value is -0.800. The third-order valence-corrected chi connectivity index (χ3v) is 4.61. The molecule has 0 fully saturated rings. The zero-order valence-electron chi connectivity index (χ0n) is 11.3. The highest BCUT2D eigenvalue weighted by molar-refractivity contribution is 6.42. The molecule has 0 radical (unpaired) electrons. The molecule has 1 atom stereocenters. The number of methoxy groups -OCH3 is 2. The molecule has 6 heteroatoms. The lowest BCUT2D eigenvalue weighted by Crippen LogP contribution is -1.99. The molecule has 0 aliphatic heterocycles. The third kappa shape index (κ3) is 3.35. The van der Waals surface area contributed by atoms with E-state index < -0.39 is 5.38 Å². The van der Waals surface area contributed by atoms with Crippen LogP contribution in [-0.4, -0.2) is 14.2 Å². The van der Waals surface area contributed by atoms with E-state index in [9.17, 15) is 0 Å². The molecule has 0 heterocycles. The number of hydrogen-bond acceptors (Lipinski definition) is 2. The molecule has 0 N–H and O–H groups in total.